The summed E-state index contributed by atoms with van der Waals surface area (Å²) in [5, 5.41) is 3.83. The number of hydrogen-bond donors (Lipinski definition) is 1. The highest BCUT2D eigenvalue weighted by Crippen LogP contribution is 2.21. The summed E-state index contributed by atoms with van der Waals surface area (Å²) in [6.45, 7) is 4.22. The molecule has 1 aromatic carbocycles. The first-order valence-electron chi connectivity index (χ1n) is 7.47. The molecule has 0 unspecified atom stereocenters. The van der Waals surface area contributed by atoms with Gasteiger partial charge in [0.15, 0.2) is 9.84 Å². The molecule has 0 aliphatic carbocycles. The van der Waals surface area contributed by atoms with Crippen molar-refractivity contribution in [3.63, 3.8) is 0 Å². The zero-order valence-corrected chi connectivity index (χ0v) is 13.6. The van der Waals surface area contributed by atoms with E-state index in [1.54, 1.807) is 6.07 Å². The first kappa shape index (κ1) is 15.1. The van der Waals surface area contributed by atoms with E-state index in [0.29, 0.717) is 18.0 Å². The number of carbonyl (C=O) groups is 1. The zero-order chi connectivity index (χ0) is 15.9. The van der Waals surface area contributed by atoms with Crippen LogP contribution in [0.4, 0.5) is 0 Å². The molecule has 0 radical (unpaired) electrons. The maximum absolute atomic E-state index is 12.3. The maximum atomic E-state index is 12.3. The lowest BCUT2D eigenvalue weighted by molar-refractivity contribution is 0.0941. The van der Waals surface area contributed by atoms with Gasteiger partial charge in [-0.15, -0.1) is 0 Å². The number of carbonyl (C=O) groups excluding carboxylic acids is 1. The average Bonchev–Trinajstić information content (AvgIpc) is 3.01. The Morgan fingerprint density at radius 2 is 2.09 bits per heavy atom. The molecule has 0 bridgehead atoms. The van der Waals surface area contributed by atoms with Crippen LogP contribution in [0, 0.1) is 0 Å². The van der Waals surface area contributed by atoms with Crippen molar-refractivity contribution in [2.24, 2.45) is 0 Å². The Labute approximate surface area is 130 Å². The van der Waals surface area contributed by atoms with Crippen LogP contribution in [0.1, 0.15) is 36.7 Å². The molecule has 2 aromatic rings. The first-order valence-corrected chi connectivity index (χ1v) is 9.30. The van der Waals surface area contributed by atoms with E-state index in [2.05, 4.69) is 23.7 Å². The van der Waals surface area contributed by atoms with Crippen molar-refractivity contribution in [2.45, 2.75) is 32.4 Å². The molecule has 22 heavy (non-hydrogen) atoms. The van der Waals surface area contributed by atoms with Gasteiger partial charge in [-0.25, -0.2) is 8.42 Å². The molecule has 6 heteroatoms. The van der Waals surface area contributed by atoms with Crippen LogP contribution in [0.3, 0.4) is 0 Å². The van der Waals surface area contributed by atoms with E-state index in [1.807, 2.05) is 24.4 Å². The van der Waals surface area contributed by atoms with Crippen LogP contribution in [0.15, 0.2) is 30.5 Å². The molecule has 1 amide bonds. The number of nitrogens with zero attached hydrogens (tertiary/aromatic N) is 1. The second kappa shape index (κ2) is 5.43. The maximum Gasteiger partial charge on any atom is 0.251 e. The summed E-state index contributed by atoms with van der Waals surface area (Å²) < 4.78 is 25.0. The van der Waals surface area contributed by atoms with E-state index >= 15 is 0 Å². The van der Waals surface area contributed by atoms with Gasteiger partial charge in [-0.05, 0) is 44.5 Å². The summed E-state index contributed by atoms with van der Waals surface area (Å²) in [5.41, 5.74) is 1.66. The normalized spacial score (nSPS) is 20.6. The van der Waals surface area contributed by atoms with Gasteiger partial charge in [0, 0.05) is 34.7 Å². The lowest BCUT2D eigenvalue weighted by atomic mass is 10.1. The van der Waals surface area contributed by atoms with E-state index in [4.69, 9.17) is 0 Å². The number of hydrogen-bond acceptors (Lipinski definition) is 3. The monoisotopic (exact) mass is 320 g/mol. The molecule has 1 N–H and O–H groups in total. The molecule has 118 valence electrons. The third-order valence-electron chi connectivity index (χ3n) is 4.11. The topological polar surface area (TPSA) is 68.2 Å². The van der Waals surface area contributed by atoms with E-state index in [-0.39, 0.29) is 23.5 Å². The quantitative estimate of drug-likeness (QED) is 0.942. The minimum absolute atomic E-state index is 0.0463. The molecular weight excluding hydrogens is 300 g/mol. The van der Waals surface area contributed by atoms with Crippen LogP contribution in [0.5, 0.6) is 0 Å². The minimum atomic E-state index is -2.98. The predicted octanol–water partition coefficient (Wildman–Crippen LogP) is 2.14. The molecule has 0 saturated carbocycles. The molecule has 0 spiro atoms. The van der Waals surface area contributed by atoms with Crippen molar-refractivity contribution in [1.29, 1.82) is 0 Å². The van der Waals surface area contributed by atoms with E-state index in [9.17, 15) is 13.2 Å². The number of sulfone groups is 1. The van der Waals surface area contributed by atoms with Gasteiger partial charge >= 0.3 is 0 Å². The fourth-order valence-electron chi connectivity index (χ4n) is 2.93. The summed E-state index contributed by atoms with van der Waals surface area (Å²) in [6, 6.07) is 7.67. The van der Waals surface area contributed by atoms with Crippen LogP contribution >= 0.6 is 0 Å². The summed E-state index contributed by atoms with van der Waals surface area (Å²) in [5.74, 6) is 0.000141. The van der Waals surface area contributed by atoms with Gasteiger partial charge in [0.25, 0.3) is 5.91 Å². The molecular formula is C16H20N2O3S. The van der Waals surface area contributed by atoms with Crippen molar-refractivity contribution in [3.05, 3.63) is 36.0 Å². The van der Waals surface area contributed by atoms with Crippen molar-refractivity contribution in [2.75, 3.05) is 11.5 Å². The van der Waals surface area contributed by atoms with Gasteiger partial charge in [-0.2, -0.15) is 0 Å². The summed E-state index contributed by atoms with van der Waals surface area (Å²) in [7, 11) is -2.98. The van der Waals surface area contributed by atoms with Gasteiger partial charge in [-0.3, -0.25) is 4.79 Å². The highest BCUT2D eigenvalue weighted by Gasteiger charge is 2.29. The fourth-order valence-corrected chi connectivity index (χ4v) is 4.61. The van der Waals surface area contributed by atoms with E-state index in [1.165, 1.54) is 0 Å². The third-order valence-corrected chi connectivity index (χ3v) is 5.87. The summed E-state index contributed by atoms with van der Waals surface area (Å²) in [4.78, 5) is 12.3. The number of rotatable bonds is 3. The second-order valence-electron chi connectivity index (χ2n) is 6.16. The van der Waals surface area contributed by atoms with Crippen LogP contribution < -0.4 is 5.32 Å². The van der Waals surface area contributed by atoms with Gasteiger partial charge in [-0.1, -0.05) is 0 Å². The fraction of sp³-hybridized carbons (Fsp3) is 0.438. The minimum Gasteiger partial charge on any atom is -0.348 e. The highest BCUT2D eigenvalue weighted by atomic mass is 32.2. The molecule has 5 nitrogen and oxygen atoms in total. The zero-order valence-electron chi connectivity index (χ0n) is 12.7. The van der Waals surface area contributed by atoms with Gasteiger partial charge in [0.2, 0.25) is 0 Å². The van der Waals surface area contributed by atoms with Crippen LogP contribution in [0.25, 0.3) is 10.9 Å². The summed E-state index contributed by atoms with van der Waals surface area (Å²) >= 11 is 0. The number of nitrogens with one attached hydrogen (secondary N) is 1. The molecule has 1 fully saturated rings. The number of benzene rings is 1. The van der Waals surface area contributed by atoms with Gasteiger partial charge in [0.05, 0.1) is 11.5 Å². The Balaban J connectivity index is 1.80. The molecule has 1 aliphatic rings. The summed E-state index contributed by atoms with van der Waals surface area (Å²) in [6.07, 6.45) is 2.51. The Morgan fingerprint density at radius 1 is 1.32 bits per heavy atom. The highest BCUT2D eigenvalue weighted by molar-refractivity contribution is 7.91. The Kier molecular flexibility index (Phi) is 3.72. The van der Waals surface area contributed by atoms with Crippen molar-refractivity contribution in [3.8, 4) is 0 Å². The van der Waals surface area contributed by atoms with Gasteiger partial charge < -0.3 is 9.88 Å². The van der Waals surface area contributed by atoms with Crippen LogP contribution in [0.2, 0.25) is 0 Å². The van der Waals surface area contributed by atoms with Crippen molar-refractivity contribution < 1.29 is 13.2 Å². The molecule has 1 saturated heterocycles. The number of amides is 1. The molecule has 1 aromatic heterocycles. The first-order chi connectivity index (χ1) is 10.4. The predicted molar refractivity (Wildman–Crippen MR) is 86.8 cm³/mol. The third kappa shape index (κ3) is 2.88. The standard InChI is InChI=1S/C16H20N2O3S/c1-11(2)18-7-5-12-9-13(3-4-15(12)18)16(19)17-14-6-8-22(20,21)10-14/h3-5,7,9,11,14H,6,8,10H2,1-2H3,(H,17,19)/t14-/m1/s1. The Morgan fingerprint density at radius 3 is 2.73 bits per heavy atom. The largest absolute Gasteiger partial charge is 0.348 e. The molecule has 1 aliphatic heterocycles. The van der Waals surface area contributed by atoms with E-state index < -0.39 is 9.84 Å². The van der Waals surface area contributed by atoms with Crippen molar-refractivity contribution in [1.82, 2.24) is 9.88 Å². The van der Waals surface area contributed by atoms with Crippen LogP contribution in [-0.4, -0.2) is 36.4 Å². The lowest BCUT2D eigenvalue weighted by Gasteiger charge is -2.12. The van der Waals surface area contributed by atoms with Gasteiger partial charge in [0.1, 0.15) is 0 Å². The Bertz CT molecular complexity index is 821. The molecule has 1 atom stereocenters. The SMILES string of the molecule is CC(C)n1ccc2cc(C(=O)N[C@@H]3CCS(=O)(=O)C3)ccc21. The number of aromatic nitrogens is 1. The Hall–Kier alpha value is -1.82. The van der Waals surface area contributed by atoms with E-state index in [0.717, 1.165) is 10.9 Å². The smallest absolute Gasteiger partial charge is 0.251 e. The lowest BCUT2D eigenvalue weighted by Crippen LogP contribution is -2.35. The average molecular weight is 320 g/mol. The number of fused-ring (bicyclic) bond motifs is 1. The molecule has 3 rings (SSSR count). The van der Waals surface area contributed by atoms with Crippen LogP contribution in [-0.2, 0) is 9.84 Å². The second-order valence-corrected chi connectivity index (χ2v) is 8.39. The van der Waals surface area contributed by atoms with Crippen molar-refractivity contribution >= 4 is 26.6 Å². The molecule has 2 heterocycles.